The zero-order valence-corrected chi connectivity index (χ0v) is 12.7. The highest BCUT2D eigenvalue weighted by Gasteiger charge is 2.25. The minimum atomic E-state index is -3.42. The van der Waals surface area contributed by atoms with Gasteiger partial charge in [-0.05, 0) is 19.3 Å². The van der Waals surface area contributed by atoms with Crippen LogP contribution < -0.4 is 0 Å². The Morgan fingerprint density at radius 3 is 2.86 bits per heavy atom. The summed E-state index contributed by atoms with van der Waals surface area (Å²) < 4.78 is 30.3. The van der Waals surface area contributed by atoms with Crippen LogP contribution in [-0.2, 0) is 16.9 Å². The summed E-state index contributed by atoms with van der Waals surface area (Å²) in [5, 5.41) is 8.00. The van der Waals surface area contributed by atoms with Gasteiger partial charge >= 0.3 is 0 Å². The Hall–Kier alpha value is -1.96. The minimum Gasteiger partial charge on any atom is -0.339 e. The average molecular weight is 308 g/mol. The van der Waals surface area contributed by atoms with Crippen LogP contribution in [0.25, 0.3) is 11.4 Å². The van der Waals surface area contributed by atoms with Gasteiger partial charge in [0.2, 0.25) is 11.7 Å². The second kappa shape index (κ2) is 5.10. The molecular formula is C13H16N4O3S. The fraction of sp³-hybridized carbons (Fsp3) is 0.462. The highest BCUT2D eigenvalue weighted by Crippen LogP contribution is 2.30. The van der Waals surface area contributed by atoms with E-state index in [0.29, 0.717) is 11.5 Å². The molecule has 0 saturated carbocycles. The molecule has 0 radical (unpaired) electrons. The number of rotatable bonds is 3. The molecule has 112 valence electrons. The Kier molecular flexibility index (Phi) is 3.40. The molecule has 1 aliphatic carbocycles. The molecule has 0 amide bonds. The van der Waals surface area contributed by atoms with Crippen molar-refractivity contribution in [2.75, 3.05) is 6.26 Å². The van der Waals surface area contributed by atoms with E-state index in [2.05, 4.69) is 27.4 Å². The first-order valence-electron chi connectivity index (χ1n) is 6.68. The van der Waals surface area contributed by atoms with Gasteiger partial charge in [-0.15, -0.1) is 0 Å². The Morgan fingerprint density at radius 1 is 1.38 bits per heavy atom. The highest BCUT2D eigenvalue weighted by molar-refractivity contribution is 7.90. The van der Waals surface area contributed by atoms with Crippen LogP contribution in [0.3, 0.4) is 0 Å². The van der Waals surface area contributed by atoms with Gasteiger partial charge in [-0.3, -0.25) is 4.68 Å². The number of allylic oxidation sites excluding steroid dienone is 2. The fourth-order valence-electron chi connectivity index (χ4n) is 2.55. The van der Waals surface area contributed by atoms with E-state index in [1.165, 1.54) is 10.9 Å². The molecule has 1 unspecified atom stereocenters. The van der Waals surface area contributed by atoms with E-state index in [0.717, 1.165) is 25.5 Å². The lowest BCUT2D eigenvalue weighted by molar-refractivity contribution is 0.344. The second-order valence-corrected chi connectivity index (χ2v) is 7.13. The molecule has 2 heterocycles. The lowest BCUT2D eigenvalue weighted by Crippen LogP contribution is -2.07. The summed E-state index contributed by atoms with van der Waals surface area (Å²) in [4.78, 5) is 4.36. The molecule has 1 aliphatic rings. The maximum Gasteiger partial charge on any atom is 0.230 e. The SMILES string of the molecule is Cn1ncc(-c2noc(C3CC=CCC3)n2)c1S(C)(=O)=O. The summed E-state index contributed by atoms with van der Waals surface area (Å²) in [6.45, 7) is 0. The molecule has 7 nitrogen and oxygen atoms in total. The van der Waals surface area contributed by atoms with E-state index < -0.39 is 9.84 Å². The Morgan fingerprint density at radius 2 is 2.19 bits per heavy atom. The van der Waals surface area contributed by atoms with Crippen molar-refractivity contribution >= 4 is 9.84 Å². The number of aryl methyl sites for hydroxylation is 1. The molecule has 21 heavy (non-hydrogen) atoms. The first-order valence-corrected chi connectivity index (χ1v) is 8.57. The molecular weight excluding hydrogens is 292 g/mol. The first-order chi connectivity index (χ1) is 9.97. The van der Waals surface area contributed by atoms with Crippen LogP contribution in [0.5, 0.6) is 0 Å². The van der Waals surface area contributed by atoms with Crippen LogP contribution in [-0.4, -0.2) is 34.6 Å². The van der Waals surface area contributed by atoms with E-state index in [1.807, 2.05) is 0 Å². The maximum absolute atomic E-state index is 11.9. The summed E-state index contributed by atoms with van der Waals surface area (Å²) in [6.07, 6.45) is 9.65. The zero-order chi connectivity index (χ0) is 15.0. The molecule has 0 fully saturated rings. The van der Waals surface area contributed by atoms with Gasteiger partial charge in [0.05, 0.1) is 11.8 Å². The van der Waals surface area contributed by atoms with E-state index in [1.54, 1.807) is 7.05 Å². The van der Waals surface area contributed by atoms with E-state index >= 15 is 0 Å². The Balaban J connectivity index is 1.99. The zero-order valence-electron chi connectivity index (χ0n) is 11.9. The van der Waals surface area contributed by atoms with E-state index in [-0.39, 0.29) is 16.8 Å². The van der Waals surface area contributed by atoms with Crippen molar-refractivity contribution in [3.05, 3.63) is 24.2 Å². The van der Waals surface area contributed by atoms with Crippen molar-refractivity contribution in [2.24, 2.45) is 7.05 Å². The Labute approximate surface area is 122 Å². The van der Waals surface area contributed by atoms with Crippen molar-refractivity contribution < 1.29 is 12.9 Å². The molecule has 0 N–H and O–H groups in total. The number of hydrogen-bond acceptors (Lipinski definition) is 6. The number of sulfone groups is 1. The molecule has 0 spiro atoms. The maximum atomic E-state index is 11.9. The molecule has 0 aromatic carbocycles. The second-order valence-electron chi connectivity index (χ2n) is 5.20. The summed E-state index contributed by atoms with van der Waals surface area (Å²) >= 11 is 0. The molecule has 0 bridgehead atoms. The van der Waals surface area contributed by atoms with Gasteiger partial charge in [-0.25, -0.2) is 8.42 Å². The average Bonchev–Trinajstić information content (AvgIpc) is 3.05. The van der Waals surface area contributed by atoms with Gasteiger partial charge in [-0.2, -0.15) is 10.1 Å². The summed E-state index contributed by atoms with van der Waals surface area (Å²) in [6, 6.07) is 0. The van der Waals surface area contributed by atoms with Crippen molar-refractivity contribution in [1.82, 2.24) is 19.9 Å². The predicted molar refractivity (Wildman–Crippen MR) is 75.3 cm³/mol. The highest BCUT2D eigenvalue weighted by atomic mass is 32.2. The summed E-state index contributed by atoms with van der Waals surface area (Å²) in [7, 11) is -1.84. The van der Waals surface area contributed by atoms with Gasteiger partial charge in [-0.1, -0.05) is 17.3 Å². The third kappa shape index (κ3) is 2.63. The lowest BCUT2D eigenvalue weighted by atomic mass is 9.94. The molecule has 3 rings (SSSR count). The monoisotopic (exact) mass is 308 g/mol. The molecule has 2 aromatic heterocycles. The normalized spacial score (nSPS) is 19.0. The topological polar surface area (TPSA) is 90.9 Å². The van der Waals surface area contributed by atoms with Gasteiger partial charge in [0.1, 0.15) is 0 Å². The van der Waals surface area contributed by atoms with Crippen LogP contribution in [0.4, 0.5) is 0 Å². The van der Waals surface area contributed by atoms with Crippen molar-refractivity contribution in [3.63, 3.8) is 0 Å². The largest absolute Gasteiger partial charge is 0.339 e. The van der Waals surface area contributed by atoms with Gasteiger partial charge in [0.25, 0.3) is 0 Å². The fourth-order valence-corrected chi connectivity index (χ4v) is 3.62. The number of nitrogens with zero attached hydrogens (tertiary/aromatic N) is 4. The summed E-state index contributed by atoms with van der Waals surface area (Å²) in [5.41, 5.74) is 0.376. The van der Waals surface area contributed by atoms with Gasteiger partial charge in [0.15, 0.2) is 14.9 Å². The number of hydrogen-bond donors (Lipinski definition) is 0. The molecule has 8 heteroatoms. The summed E-state index contributed by atoms with van der Waals surface area (Å²) in [5.74, 6) is 1.03. The molecule has 2 aromatic rings. The van der Waals surface area contributed by atoms with Gasteiger partial charge in [0, 0.05) is 19.2 Å². The van der Waals surface area contributed by atoms with Crippen LogP contribution >= 0.6 is 0 Å². The van der Waals surface area contributed by atoms with E-state index in [4.69, 9.17) is 4.52 Å². The van der Waals surface area contributed by atoms with Crippen LogP contribution in [0, 0.1) is 0 Å². The van der Waals surface area contributed by atoms with Crippen molar-refractivity contribution in [1.29, 1.82) is 0 Å². The molecule has 0 saturated heterocycles. The third-order valence-corrected chi connectivity index (χ3v) is 4.72. The molecule has 1 atom stereocenters. The van der Waals surface area contributed by atoms with Crippen LogP contribution in [0.15, 0.2) is 27.9 Å². The third-order valence-electron chi connectivity index (χ3n) is 3.54. The lowest BCUT2D eigenvalue weighted by Gasteiger charge is -2.12. The Bertz CT molecular complexity index is 788. The smallest absolute Gasteiger partial charge is 0.230 e. The van der Waals surface area contributed by atoms with Crippen LogP contribution in [0.1, 0.15) is 31.1 Å². The van der Waals surface area contributed by atoms with Crippen molar-refractivity contribution in [2.45, 2.75) is 30.2 Å². The van der Waals surface area contributed by atoms with Gasteiger partial charge < -0.3 is 4.52 Å². The minimum absolute atomic E-state index is 0.0957. The number of aromatic nitrogens is 4. The van der Waals surface area contributed by atoms with Crippen LogP contribution in [0.2, 0.25) is 0 Å². The first kappa shape index (κ1) is 14.0. The predicted octanol–water partition coefficient (Wildman–Crippen LogP) is 1.70. The quantitative estimate of drug-likeness (QED) is 0.801. The van der Waals surface area contributed by atoms with E-state index in [9.17, 15) is 8.42 Å². The molecule has 0 aliphatic heterocycles. The standard InChI is InChI=1S/C13H16N4O3S/c1-17-13(21(2,18)19)10(8-14-17)11-15-12(20-16-11)9-6-4-3-5-7-9/h3-4,8-9H,5-7H2,1-2H3. The van der Waals surface area contributed by atoms with Crippen molar-refractivity contribution in [3.8, 4) is 11.4 Å².